The van der Waals surface area contributed by atoms with Crippen molar-refractivity contribution in [2.45, 2.75) is 19.1 Å². The maximum atomic E-state index is 4.79. The maximum absolute atomic E-state index is 4.79. The smallest absolute Gasteiger partial charge is 0.226 e. The monoisotopic (exact) mass is 144 g/mol. The zero-order chi connectivity index (χ0) is 6.69. The number of aryl methyl sites for hydroxylation is 1. The van der Waals surface area contributed by atoms with Gasteiger partial charge in [-0.05, 0) is 0 Å². The Bertz CT molecular complexity index is 168. The van der Waals surface area contributed by atoms with Gasteiger partial charge in [0, 0.05) is 6.42 Å². The molecule has 1 aromatic rings. The summed E-state index contributed by atoms with van der Waals surface area (Å²) < 4.78 is 4.79. The molecule has 0 radical (unpaired) electrons. The Hall–Kier alpha value is -0.510. The van der Waals surface area contributed by atoms with E-state index in [1.54, 1.807) is 0 Å². The van der Waals surface area contributed by atoms with Crippen molar-refractivity contribution in [3.05, 3.63) is 11.7 Å². The summed E-state index contributed by atoms with van der Waals surface area (Å²) in [6, 6.07) is 0. The zero-order valence-corrected chi connectivity index (χ0v) is 6.06. The van der Waals surface area contributed by atoms with E-state index in [2.05, 4.69) is 22.8 Å². The predicted octanol–water partition coefficient (Wildman–Crippen LogP) is 1.06. The van der Waals surface area contributed by atoms with Crippen molar-refractivity contribution in [2.75, 3.05) is 0 Å². The van der Waals surface area contributed by atoms with Crippen molar-refractivity contribution < 1.29 is 4.52 Å². The molecule has 0 unspecified atom stereocenters. The van der Waals surface area contributed by atoms with Gasteiger partial charge < -0.3 is 4.52 Å². The maximum Gasteiger partial charge on any atom is 0.226 e. The minimum absolute atomic E-state index is 0.545. The van der Waals surface area contributed by atoms with Crippen LogP contribution in [0.4, 0.5) is 0 Å². The largest absolute Gasteiger partial charge is 0.339 e. The van der Waals surface area contributed by atoms with Gasteiger partial charge in [0.2, 0.25) is 5.89 Å². The molecule has 1 rings (SSSR count). The van der Waals surface area contributed by atoms with Gasteiger partial charge in [-0.15, -0.1) is 0 Å². The molecule has 3 nitrogen and oxygen atoms in total. The van der Waals surface area contributed by atoms with Crippen LogP contribution in [0, 0.1) is 0 Å². The van der Waals surface area contributed by atoms with Gasteiger partial charge >= 0.3 is 0 Å². The molecule has 0 bridgehead atoms. The van der Waals surface area contributed by atoms with E-state index >= 15 is 0 Å². The van der Waals surface area contributed by atoms with Crippen molar-refractivity contribution in [2.24, 2.45) is 0 Å². The van der Waals surface area contributed by atoms with Crippen molar-refractivity contribution >= 4 is 12.6 Å². The second kappa shape index (κ2) is 2.87. The second-order valence-corrected chi connectivity index (χ2v) is 1.93. The normalized spacial score (nSPS) is 10.0. The molecule has 4 heteroatoms. The molecule has 0 N–H and O–H groups in total. The van der Waals surface area contributed by atoms with E-state index in [0.717, 1.165) is 6.42 Å². The van der Waals surface area contributed by atoms with Crippen LogP contribution in [-0.2, 0) is 12.2 Å². The highest BCUT2D eigenvalue weighted by Crippen LogP contribution is 1.99. The quantitative estimate of drug-likeness (QED) is 0.631. The first kappa shape index (κ1) is 6.61. The molecular weight excluding hydrogens is 136 g/mol. The first-order valence-corrected chi connectivity index (χ1v) is 3.42. The van der Waals surface area contributed by atoms with Gasteiger partial charge in [0.05, 0.1) is 5.75 Å². The fourth-order valence-corrected chi connectivity index (χ4v) is 0.626. The lowest BCUT2D eigenvalue weighted by Crippen LogP contribution is -1.81. The Morgan fingerprint density at radius 2 is 2.44 bits per heavy atom. The number of hydrogen-bond donors (Lipinski definition) is 1. The van der Waals surface area contributed by atoms with E-state index in [1.165, 1.54) is 0 Å². The van der Waals surface area contributed by atoms with Crippen LogP contribution in [0.15, 0.2) is 4.52 Å². The van der Waals surface area contributed by atoms with Crippen LogP contribution in [-0.4, -0.2) is 10.1 Å². The molecule has 0 saturated heterocycles. The molecule has 0 aliphatic rings. The molecule has 0 amide bonds. The summed E-state index contributed by atoms with van der Waals surface area (Å²) in [5.74, 6) is 1.89. The number of thiol groups is 1. The van der Waals surface area contributed by atoms with Crippen LogP contribution in [0.25, 0.3) is 0 Å². The van der Waals surface area contributed by atoms with Crippen LogP contribution in [0.3, 0.4) is 0 Å². The average molecular weight is 144 g/mol. The summed E-state index contributed by atoms with van der Waals surface area (Å²) in [6.07, 6.45) is 0.792. The summed E-state index contributed by atoms with van der Waals surface area (Å²) in [5.41, 5.74) is 0. The van der Waals surface area contributed by atoms with Crippen molar-refractivity contribution in [1.82, 2.24) is 10.1 Å². The molecule has 1 aromatic heterocycles. The second-order valence-electron chi connectivity index (χ2n) is 1.62. The Morgan fingerprint density at radius 1 is 1.67 bits per heavy atom. The van der Waals surface area contributed by atoms with E-state index in [0.29, 0.717) is 17.5 Å². The number of aromatic nitrogens is 2. The predicted molar refractivity (Wildman–Crippen MR) is 36.4 cm³/mol. The van der Waals surface area contributed by atoms with E-state index in [1.807, 2.05) is 6.92 Å². The molecular formula is C5H8N2OS. The van der Waals surface area contributed by atoms with Crippen molar-refractivity contribution in [3.8, 4) is 0 Å². The van der Waals surface area contributed by atoms with E-state index in [9.17, 15) is 0 Å². The molecule has 1 heterocycles. The molecule has 0 aliphatic heterocycles. The lowest BCUT2D eigenvalue weighted by Gasteiger charge is -1.76. The molecule has 0 aliphatic carbocycles. The first-order chi connectivity index (χ1) is 4.36. The van der Waals surface area contributed by atoms with E-state index in [-0.39, 0.29) is 0 Å². The SMILES string of the molecule is CCc1nc(CS)no1. The fraction of sp³-hybridized carbons (Fsp3) is 0.600. The van der Waals surface area contributed by atoms with Gasteiger partial charge in [0.15, 0.2) is 5.82 Å². The van der Waals surface area contributed by atoms with Gasteiger partial charge in [0.1, 0.15) is 0 Å². The third-order valence-electron chi connectivity index (χ3n) is 0.954. The Morgan fingerprint density at radius 3 is 2.78 bits per heavy atom. The molecule has 0 spiro atoms. The molecule has 0 aromatic carbocycles. The Labute approximate surface area is 58.9 Å². The third kappa shape index (κ3) is 1.45. The first-order valence-electron chi connectivity index (χ1n) is 2.79. The topological polar surface area (TPSA) is 38.9 Å². The highest BCUT2D eigenvalue weighted by Gasteiger charge is 1.99. The molecule has 0 fully saturated rings. The van der Waals surface area contributed by atoms with Crippen LogP contribution < -0.4 is 0 Å². The van der Waals surface area contributed by atoms with Crippen LogP contribution in [0.5, 0.6) is 0 Å². The summed E-state index contributed by atoms with van der Waals surface area (Å²) in [7, 11) is 0. The summed E-state index contributed by atoms with van der Waals surface area (Å²) in [5, 5.41) is 3.64. The van der Waals surface area contributed by atoms with Crippen molar-refractivity contribution in [1.29, 1.82) is 0 Å². The zero-order valence-electron chi connectivity index (χ0n) is 5.16. The van der Waals surface area contributed by atoms with Gasteiger partial charge in [-0.25, -0.2) is 0 Å². The Kier molecular flexibility index (Phi) is 2.10. The average Bonchev–Trinajstić information content (AvgIpc) is 2.34. The minimum Gasteiger partial charge on any atom is -0.339 e. The summed E-state index contributed by atoms with van der Waals surface area (Å²) >= 11 is 3.98. The fourth-order valence-electron chi connectivity index (χ4n) is 0.498. The van der Waals surface area contributed by atoms with Crippen LogP contribution in [0.2, 0.25) is 0 Å². The van der Waals surface area contributed by atoms with E-state index in [4.69, 9.17) is 4.52 Å². The number of hydrogen-bond acceptors (Lipinski definition) is 4. The van der Waals surface area contributed by atoms with Gasteiger partial charge in [-0.2, -0.15) is 17.6 Å². The Balaban J connectivity index is 2.74. The molecule has 9 heavy (non-hydrogen) atoms. The molecule has 0 atom stereocenters. The lowest BCUT2D eigenvalue weighted by molar-refractivity contribution is 0.378. The number of nitrogens with zero attached hydrogens (tertiary/aromatic N) is 2. The highest BCUT2D eigenvalue weighted by molar-refractivity contribution is 7.79. The number of rotatable bonds is 2. The summed E-state index contributed by atoms with van der Waals surface area (Å²) in [6.45, 7) is 1.97. The molecule has 50 valence electrons. The van der Waals surface area contributed by atoms with Gasteiger partial charge in [0.25, 0.3) is 0 Å². The van der Waals surface area contributed by atoms with E-state index < -0.39 is 0 Å². The van der Waals surface area contributed by atoms with Gasteiger partial charge in [-0.3, -0.25) is 0 Å². The lowest BCUT2D eigenvalue weighted by atomic mass is 10.5. The van der Waals surface area contributed by atoms with Gasteiger partial charge in [-0.1, -0.05) is 12.1 Å². The molecule has 0 saturated carbocycles. The summed E-state index contributed by atoms with van der Waals surface area (Å²) in [4.78, 5) is 3.99. The standard InChI is InChI=1S/C5H8N2OS/c1-2-5-6-4(3-9)7-8-5/h9H,2-3H2,1H3. The third-order valence-corrected chi connectivity index (χ3v) is 1.24. The highest BCUT2D eigenvalue weighted by atomic mass is 32.1. The van der Waals surface area contributed by atoms with Crippen molar-refractivity contribution in [3.63, 3.8) is 0 Å². The van der Waals surface area contributed by atoms with Crippen LogP contribution in [0.1, 0.15) is 18.6 Å². The minimum atomic E-state index is 0.545. The van der Waals surface area contributed by atoms with Crippen LogP contribution >= 0.6 is 12.6 Å².